The molecule has 0 spiro atoms. The third kappa shape index (κ3) is 4.81. The quantitative estimate of drug-likeness (QED) is 0.535. The van der Waals surface area contributed by atoms with Crippen molar-refractivity contribution in [2.75, 3.05) is 17.2 Å². The second kappa shape index (κ2) is 9.19. The largest absolute Gasteiger partial charge is 0.395 e. The van der Waals surface area contributed by atoms with Crippen molar-refractivity contribution in [3.63, 3.8) is 0 Å². The monoisotopic (exact) mass is 423 g/mol. The lowest BCUT2D eigenvalue weighted by Gasteiger charge is -2.22. The van der Waals surface area contributed by atoms with Crippen LogP contribution in [0, 0.1) is 6.92 Å². The van der Waals surface area contributed by atoms with Crippen LogP contribution in [-0.2, 0) is 11.3 Å². The van der Waals surface area contributed by atoms with Gasteiger partial charge in [-0.1, -0.05) is 48.0 Å². The molecule has 9 heteroatoms. The van der Waals surface area contributed by atoms with Gasteiger partial charge in [0.25, 0.3) is 11.8 Å². The molecular weight excluding hydrogens is 402 g/mol. The first-order valence-electron chi connectivity index (χ1n) is 9.11. The number of benzene rings is 2. The summed E-state index contributed by atoms with van der Waals surface area (Å²) in [4.78, 5) is 38.5. The minimum atomic E-state index is -0.815. The number of amides is 3. The molecule has 0 aliphatic rings. The van der Waals surface area contributed by atoms with Crippen LogP contribution in [0.5, 0.6) is 0 Å². The summed E-state index contributed by atoms with van der Waals surface area (Å²) >= 11 is 0.777. The van der Waals surface area contributed by atoms with Gasteiger partial charge >= 0.3 is 0 Å². The number of nitrogen functional groups attached to an aromatic ring is 1. The van der Waals surface area contributed by atoms with Crippen LogP contribution in [0.1, 0.15) is 31.3 Å². The summed E-state index contributed by atoms with van der Waals surface area (Å²) in [6.07, 6.45) is 0. The number of carbonyl (C=O) groups excluding carboxylic acids is 3. The molecule has 8 nitrogen and oxygen atoms in total. The molecule has 0 saturated heterocycles. The van der Waals surface area contributed by atoms with Crippen molar-refractivity contribution in [2.45, 2.75) is 13.5 Å². The Hall–Kier alpha value is -3.72. The zero-order valence-corrected chi connectivity index (χ0v) is 17.1. The van der Waals surface area contributed by atoms with E-state index in [1.54, 1.807) is 12.1 Å². The minimum Gasteiger partial charge on any atom is -0.395 e. The molecule has 3 amide bonds. The van der Waals surface area contributed by atoms with Crippen LogP contribution in [0.15, 0.2) is 54.6 Å². The number of primary amides is 1. The lowest BCUT2D eigenvalue weighted by atomic mass is 10.2. The van der Waals surface area contributed by atoms with Gasteiger partial charge in [-0.3, -0.25) is 19.3 Å². The fourth-order valence-electron chi connectivity index (χ4n) is 2.75. The van der Waals surface area contributed by atoms with Gasteiger partial charge in [-0.2, -0.15) is 4.37 Å². The molecule has 3 aromatic rings. The average Bonchev–Trinajstić information content (AvgIpc) is 3.13. The van der Waals surface area contributed by atoms with Gasteiger partial charge in [-0.25, -0.2) is 0 Å². The summed E-state index contributed by atoms with van der Waals surface area (Å²) in [6.45, 7) is 2.03. The van der Waals surface area contributed by atoms with Crippen LogP contribution < -0.4 is 21.7 Å². The minimum absolute atomic E-state index is 0.0558. The summed E-state index contributed by atoms with van der Waals surface area (Å²) in [5.41, 5.74) is 13.4. The molecule has 0 fully saturated rings. The molecule has 5 N–H and O–H groups in total. The maximum absolute atomic E-state index is 13.2. The third-order valence-electron chi connectivity index (χ3n) is 4.38. The van der Waals surface area contributed by atoms with Crippen LogP contribution in [0.4, 0.5) is 11.4 Å². The first-order valence-corrected chi connectivity index (χ1v) is 9.88. The smallest absolute Gasteiger partial charge is 0.272 e. The van der Waals surface area contributed by atoms with E-state index in [0.29, 0.717) is 12.2 Å². The van der Waals surface area contributed by atoms with Crippen molar-refractivity contribution in [3.8, 4) is 0 Å². The van der Waals surface area contributed by atoms with E-state index in [4.69, 9.17) is 11.5 Å². The standard InChI is InChI=1S/C21H21N5O3S/c1-13-7-9-15(10-8-13)26(12-16(27)24-11-14-5-3-2-4-6-14)21(29)19-17(22)18(20(23)28)25-30-19/h2-10H,11-12,22H2,1H3,(H2,23,28)(H,24,27). The van der Waals surface area contributed by atoms with Gasteiger partial charge in [0, 0.05) is 12.2 Å². The molecule has 3 rings (SSSR count). The van der Waals surface area contributed by atoms with Gasteiger partial charge in [0.2, 0.25) is 5.91 Å². The van der Waals surface area contributed by atoms with Crippen molar-refractivity contribution >= 4 is 40.6 Å². The molecule has 0 bridgehead atoms. The summed E-state index contributed by atoms with van der Waals surface area (Å²) in [7, 11) is 0. The number of nitrogens with zero attached hydrogens (tertiary/aromatic N) is 2. The molecule has 2 aromatic carbocycles. The fraction of sp³-hybridized carbons (Fsp3) is 0.143. The highest BCUT2D eigenvalue weighted by Gasteiger charge is 2.27. The highest BCUT2D eigenvalue weighted by Crippen LogP contribution is 2.26. The van der Waals surface area contributed by atoms with Crippen molar-refractivity contribution in [2.24, 2.45) is 5.73 Å². The molecule has 1 heterocycles. The number of rotatable bonds is 7. The Kier molecular flexibility index (Phi) is 6.43. The Labute approximate surface area is 177 Å². The van der Waals surface area contributed by atoms with Crippen molar-refractivity contribution in [3.05, 3.63) is 76.3 Å². The summed E-state index contributed by atoms with van der Waals surface area (Å²) in [6, 6.07) is 16.6. The van der Waals surface area contributed by atoms with Gasteiger partial charge in [0.1, 0.15) is 11.4 Å². The lowest BCUT2D eigenvalue weighted by molar-refractivity contribution is -0.119. The van der Waals surface area contributed by atoms with E-state index < -0.39 is 11.8 Å². The predicted octanol–water partition coefficient (Wildman–Crippen LogP) is 2.10. The van der Waals surface area contributed by atoms with Crippen molar-refractivity contribution in [1.82, 2.24) is 9.69 Å². The first-order chi connectivity index (χ1) is 14.4. The Morgan fingerprint density at radius 3 is 2.33 bits per heavy atom. The van der Waals surface area contributed by atoms with Crippen LogP contribution >= 0.6 is 11.5 Å². The molecule has 30 heavy (non-hydrogen) atoms. The number of anilines is 2. The average molecular weight is 423 g/mol. The molecular formula is C21H21N5O3S. The van der Waals surface area contributed by atoms with Gasteiger partial charge in [0.15, 0.2) is 5.69 Å². The Morgan fingerprint density at radius 2 is 1.73 bits per heavy atom. The third-order valence-corrected chi connectivity index (χ3v) is 5.23. The van der Waals surface area contributed by atoms with Crippen LogP contribution in [-0.4, -0.2) is 28.6 Å². The van der Waals surface area contributed by atoms with Crippen LogP contribution in [0.2, 0.25) is 0 Å². The normalized spacial score (nSPS) is 10.4. The number of hydrogen-bond donors (Lipinski definition) is 3. The Balaban J connectivity index is 1.83. The van der Waals surface area contributed by atoms with E-state index in [2.05, 4.69) is 9.69 Å². The topological polar surface area (TPSA) is 131 Å². The van der Waals surface area contributed by atoms with E-state index in [1.807, 2.05) is 49.4 Å². The molecule has 0 atom stereocenters. The molecule has 154 valence electrons. The molecule has 0 saturated carbocycles. The van der Waals surface area contributed by atoms with E-state index in [0.717, 1.165) is 22.7 Å². The van der Waals surface area contributed by atoms with Gasteiger partial charge < -0.3 is 16.8 Å². The first kappa shape index (κ1) is 21.0. The van der Waals surface area contributed by atoms with Crippen LogP contribution in [0.3, 0.4) is 0 Å². The highest BCUT2D eigenvalue weighted by molar-refractivity contribution is 7.09. The molecule has 0 aliphatic carbocycles. The van der Waals surface area contributed by atoms with E-state index in [-0.39, 0.29) is 28.7 Å². The number of nitrogens with one attached hydrogen (secondary N) is 1. The SMILES string of the molecule is Cc1ccc(N(CC(=O)NCc2ccccc2)C(=O)c2snc(C(N)=O)c2N)cc1. The highest BCUT2D eigenvalue weighted by atomic mass is 32.1. The molecule has 0 radical (unpaired) electrons. The Morgan fingerprint density at radius 1 is 1.07 bits per heavy atom. The van der Waals surface area contributed by atoms with E-state index in [1.165, 1.54) is 4.90 Å². The number of nitrogens with two attached hydrogens (primary N) is 2. The van der Waals surface area contributed by atoms with E-state index >= 15 is 0 Å². The molecule has 0 aliphatic heterocycles. The molecule has 1 aromatic heterocycles. The lowest BCUT2D eigenvalue weighted by Crippen LogP contribution is -2.40. The summed E-state index contributed by atoms with van der Waals surface area (Å²) in [5, 5.41) is 2.80. The summed E-state index contributed by atoms with van der Waals surface area (Å²) < 4.78 is 3.88. The van der Waals surface area contributed by atoms with Crippen molar-refractivity contribution < 1.29 is 14.4 Å². The fourth-order valence-corrected chi connectivity index (χ4v) is 3.51. The number of aryl methyl sites for hydroxylation is 1. The number of aromatic nitrogens is 1. The zero-order chi connectivity index (χ0) is 21.7. The maximum atomic E-state index is 13.2. The predicted molar refractivity (Wildman–Crippen MR) is 116 cm³/mol. The van der Waals surface area contributed by atoms with Crippen molar-refractivity contribution in [1.29, 1.82) is 0 Å². The Bertz CT molecular complexity index is 1060. The van der Waals surface area contributed by atoms with Gasteiger partial charge in [-0.05, 0) is 36.2 Å². The second-order valence-corrected chi connectivity index (χ2v) is 7.40. The van der Waals surface area contributed by atoms with Gasteiger partial charge in [0.05, 0.1) is 5.69 Å². The molecule has 0 unspecified atom stereocenters. The number of hydrogen-bond acceptors (Lipinski definition) is 6. The van der Waals surface area contributed by atoms with Crippen LogP contribution in [0.25, 0.3) is 0 Å². The van der Waals surface area contributed by atoms with Gasteiger partial charge in [-0.15, -0.1) is 0 Å². The van der Waals surface area contributed by atoms with E-state index in [9.17, 15) is 14.4 Å². The summed E-state index contributed by atoms with van der Waals surface area (Å²) in [5.74, 6) is -1.69. The number of carbonyl (C=O) groups is 3. The maximum Gasteiger partial charge on any atom is 0.272 e. The second-order valence-electron chi connectivity index (χ2n) is 6.63. The zero-order valence-electron chi connectivity index (χ0n) is 16.3.